The van der Waals surface area contributed by atoms with E-state index < -0.39 is 24.4 Å². The van der Waals surface area contributed by atoms with Crippen LogP contribution in [0.2, 0.25) is 5.02 Å². The Morgan fingerprint density at radius 2 is 1.46 bits per heavy atom. The van der Waals surface area contributed by atoms with E-state index in [0.717, 1.165) is 0 Å². The van der Waals surface area contributed by atoms with Crippen LogP contribution in [-0.2, 0) is 14.3 Å². The number of carbonyl (C=O) groups excluding carboxylic acids is 2. The van der Waals surface area contributed by atoms with E-state index in [2.05, 4.69) is 5.32 Å². The molecule has 1 amide bonds. The maximum atomic E-state index is 12.9. The predicted molar refractivity (Wildman–Crippen MR) is 106 cm³/mol. The van der Waals surface area contributed by atoms with Gasteiger partial charge in [-0.2, -0.15) is 0 Å². The number of amides is 1. The molecule has 1 aliphatic heterocycles. The van der Waals surface area contributed by atoms with Crippen molar-refractivity contribution in [2.45, 2.75) is 5.92 Å². The number of hydrogen-bond donors (Lipinski definition) is 1. The van der Waals surface area contributed by atoms with Gasteiger partial charge in [0.25, 0.3) is 5.91 Å². The van der Waals surface area contributed by atoms with Crippen molar-refractivity contribution in [3.8, 4) is 11.5 Å². The van der Waals surface area contributed by atoms with Crippen LogP contribution in [0.15, 0.2) is 72.8 Å². The van der Waals surface area contributed by atoms with Crippen molar-refractivity contribution in [3.63, 3.8) is 0 Å². The summed E-state index contributed by atoms with van der Waals surface area (Å²) in [5, 5.41) is 3.05. The zero-order chi connectivity index (χ0) is 19.5. The van der Waals surface area contributed by atoms with Crippen molar-refractivity contribution in [2.75, 3.05) is 11.9 Å². The molecule has 5 nitrogen and oxygen atoms in total. The van der Waals surface area contributed by atoms with Crippen molar-refractivity contribution < 1.29 is 19.1 Å². The van der Waals surface area contributed by atoms with Gasteiger partial charge in [-0.25, -0.2) is 0 Å². The molecule has 6 heteroatoms. The van der Waals surface area contributed by atoms with E-state index in [-0.39, 0.29) is 0 Å². The molecular weight excluding hydrogens is 378 g/mol. The quantitative estimate of drug-likeness (QED) is 0.649. The summed E-state index contributed by atoms with van der Waals surface area (Å²) < 4.78 is 11.2. The molecule has 0 fully saturated rings. The SMILES string of the molecule is O=C(COC(=O)C1c2ccccc2Oc2ccccc21)Nc1ccccc1Cl. The Bertz CT molecular complexity index is 1000. The molecule has 4 rings (SSSR count). The lowest BCUT2D eigenvalue weighted by Gasteiger charge is -2.26. The first kappa shape index (κ1) is 18.1. The Labute approximate surface area is 166 Å². The molecule has 0 aliphatic carbocycles. The molecule has 0 saturated carbocycles. The summed E-state index contributed by atoms with van der Waals surface area (Å²) in [6.45, 7) is -0.411. The number of ether oxygens (including phenoxy) is 2. The lowest BCUT2D eigenvalue weighted by Crippen LogP contribution is -2.26. The van der Waals surface area contributed by atoms with E-state index in [1.54, 1.807) is 36.4 Å². The number of anilines is 1. The summed E-state index contributed by atoms with van der Waals surface area (Å²) in [5.41, 5.74) is 1.88. The van der Waals surface area contributed by atoms with Crippen molar-refractivity contribution in [2.24, 2.45) is 0 Å². The number of carbonyl (C=O) groups is 2. The zero-order valence-corrected chi connectivity index (χ0v) is 15.5. The van der Waals surface area contributed by atoms with Gasteiger partial charge in [-0.3, -0.25) is 9.59 Å². The van der Waals surface area contributed by atoms with Crippen LogP contribution in [0, 0.1) is 0 Å². The summed E-state index contributed by atoms with van der Waals surface area (Å²) in [7, 11) is 0. The van der Waals surface area contributed by atoms with Gasteiger partial charge in [-0.05, 0) is 24.3 Å². The largest absolute Gasteiger partial charge is 0.457 e. The monoisotopic (exact) mass is 393 g/mol. The molecule has 0 spiro atoms. The maximum absolute atomic E-state index is 12.9. The van der Waals surface area contributed by atoms with Gasteiger partial charge in [0.2, 0.25) is 0 Å². The van der Waals surface area contributed by atoms with E-state index >= 15 is 0 Å². The standard InChI is InChI=1S/C22H16ClNO4/c23-16-9-3-4-10-17(16)24-20(25)13-27-22(26)21-14-7-1-5-11-18(14)28-19-12-6-2-8-15(19)21/h1-12,21H,13H2,(H,24,25). The number of para-hydroxylation sites is 3. The second kappa shape index (κ2) is 7.74. The topological polar surface area (TPSA) is 64.6 Å². The Balaban J connectivity index is 1.51. The Kier molecular flexibility index (Phi) is 5.00. The van der Waals surface area contributed by atoms with E-state index in [0.29, 0.717) is 33.3 Å². The molecular formula is C22H16ClNO4. The lowest BCUT2D eigenvalue weighted by molar-refractivity contribution is -0.148. The number of benzene rings is 3. The van der Waals surface area contributed by atoms with Gasteiger partial charge in [-0.15, -0.1) is 0 Å². The van der Waals surface area contributed by atoms with Crippen LogP contribution in [0.3, 0.4) is 0 Å². The van der Waals surface area contributed by atoms with Crippen LogP contribution >= 0.6 is 11.6 Å². The van der Waals surface area contributed by atoms with E-state index in [9.17, 15) is 9.59 Å². The third-order valence-electron chi connectivity index (χ3n) is 4.41. The average Bonchev–Trinajstić information content (AvgIpc) is 2.72. The van der Waals surface area contributed by atoms with Crippen molar-refractivity contribution >= 4 is 29.2 Å². The van der Waals surface area contributed by atoms with E-state index in [1.807, 2.05) is 36.4 Å². The number of fused-ring (bicyclic) bond motifs is 2. The average molecular weight is 394 g/mol. The molecule has 140 valence electrons. The first-order valence-corrected chi connectivity index (χ1v) is 9.08. The number of hydrogen-bond acceptors (Lipinski definition) is 4. The molecule has 3 aromatic carbocycles. The second-order valence-corrected chi connectivity index (χ2v) is 6.65. The number of halogens is 1. The molecule has 0 aromatic heterocycles. The summed E-state index contributed by atoms with van der Waals surface area (Å²) in [6, 6.07) is 21.4. The zero-order valence-electron chi connectivity index (χ0n) is 14.7. The maximum Gasteiger partial charge on any atom is 0.318 e. The third-order valence-corrected chi connectivity index (χ3v) is 4.74. The van der Waals surface area contributed by atoms with Gasteiger partial charge in [0.15, 0.2) is 6.61 Å². The van der Waals surface area contributed by atoms with Gasteiger partial charge < -0.3 is 14.8 Å². The minimum absolute atomic E-state index is 0.411. The Hall–Kier alpha value is -3.31. The molecule has 0 radical (unpaired) electrons. The molecule has 1 heterocycles. The third kappa shape index (κ3) is 3.57. The first-order chi connectivity index (χ1) is 13.6. The number of rotatable bonds is 4. The minimum atomic E-state index is -0.658. The van der Waals surface area contributed by atoms with E-state index in [1.165, 1.54) is 0 Å². The highest BCUT2D eigenvalue weighted by atomic mass is 35.5. The summed E-state index contributed by atoms with van der Waals surface area (Å²) in [4.78, 5) is 25.0. The van der Waals surface area contributed by atoms with Gasteiger partial charge in [0.1, 0.15) is 17.4 Å². The highest BCUT2D eigenvalue weighted by Gasteiger charge is 2.33. The molecule has 0 saturated heterocycles. The molecule has 1 N–H and O–H groups in total. The smallest absolute Gasteiger partial charge is 0.318 e. The predicted octanol–water partition coefficient (Wildman–Crippen LogP) is 4.76. The molecule has 0 bridgehead atoms. The molecule has 3 aromatic rings. The van der Waals surface area contributed by atoms with Gasteiger partial charge in [0, 0.05) is 11.1 Å². The van der Waals surface area contributed by atoms with Crippen LogP contribution in [0.25, 0.3) is 0 Å². The second-order valence-electron chi connectivity index (χ2n) is 6.25. The molecule has 1 aliphatic rings. The van der Waals surface area contributed by atoms with Crippen molar-refractivity contribution in [3.05, 3.63) is 88.9 Å². The fourth-order valence-corrected chi connectivity index (χ4v) is 3.32. The first-order valence-electron chi connectivity index (χ1n) is 8.70. The fourth-order valence-electron chi connectivity index (χ4n) is 3.13. The Morgan fingerprint density at radius 1 is 0.893 bits per heavy atom. The van der Waals surface area contributed by atoms with Gasteiger partial charge >= 0.3 is 5.97 Å². The van der Waals surface area contributed by atoms with Crippen LogP contribution in [-0.4, -0.2) is 18.5 Å². The fraction of sp³-hybridized carbons (Fsp3) is 0.0909. The summed E-state index contributed by atoms with van der Waals surface area (Å²) in [5.74, 6) is -0.436. The highest BCUT2D eigenvalue weighted by Crippen LogP contribution is 2.44. The van der Waals surface area contributed by atoms with Crippen molar-refractivity contribution in [1.82, 2.24) is 0 Å². The normalized spacial score (nSPS) is 12.3. The van der Waals surface area contributed by atoms with E-state index in [4.69, 9.17) is 21.1 Å². The van der Waals surface area contributed by atoms with Crippen LogP contribution < -0.4 is 10.1 Å². The van der Waals surface area contributed by atoms with Gasteiger partial charge in [-0.1, -0.05) is 60.1 Å². The summed E-state index contributed by atoms with van der Waals surface area (Å²) >= 11 is 6.03. The molecule has 28 heavy (non-hydrogen) atoms. The highest BCUT2D eigenvalue weighted by molar-refractivity contribution is 6.33. The molecule has 0 unspecified atom stereocenters. The summed E-state index contributed by atoms with van der Waals surface area (Å²) in [6.07, 6.45) is 0. The molecule has 0 atom stereocenters. The van der Waals surface area contributed by atoms with Crippen LogP contribution in [0.1, 0.15) is 17.0 Å². The van der Waals surface area contributed by atoms with Crippen molar-refractivity contribution in [1.29, 1.82) is 0 Å². The van der Waals surface area contributed by atoms with Gasteiger partial charge in [0.05, 0.1) is 10.7 Å². The van der Waals surface area contributed by atoms with Crippen LogP contribution in [0.4, 0.5) is 5.69 Å². The lowest BCUT2D eigenvalue weighted by atomic mass is 9.88. The Morgan fingerprint density at radius 3 is 2.11 bits per heavy atom. The number of nitrogens with one attached hydrogen (secondary N) is 1. The number of esters is 1. The minimum Gasteiger partial charge on any atom is -0.457 e. The van der Waals surface area contributed by atoms with Crippen LogP contribution in [0.5, 0.6) is 11.5 Å².